The first-order valence-electron chi connectivity index (χ1n) is 16.0. The zero-order chi connectivity index (χ0) is 31.5. The van der Waals surface area contributed by atoms with Crippen molar-refractivity contribution in [3.63, 3.8) is 0 Å². The topological polar surface area (TPSA) is 88.8 Å². The van der Waals surface area contributed by atoms with Crippen molar-refractivity contribution in [3.05, 3.63) is 53.5 Å². The fourth-order valence-electron chi connectivity index (χ4n) is 7.51. The first-order chi connectivity index (χ1) is 21.8. The van der Waals surface area contributed by atoms with Gasteiger partial charge in [0.25, 0.3) is 6.43 Å². The van der Waals surface area contributed by atoms with E-state index in [0.717, 1.165) is 73.4 Å². The third-order valence-electron chi connectivity index (χ3n) is 9.69. The summed E-state index contributed by atoms with van der Waals surface area (Å²) in [6, 6.07) is 7.13. The summed E-state index contributed by atoms with van der Waals surface area (Å²) < 4.78 is 46.8. The molecule has 1 aromatic carbocycles. The summed E-state index contributed by atoms with van der Waals surface area (Å²) in [6.07, 6.45) is 4.78. The van der Waals surface area contributed by atoms with Gasteiger partial charge in [-0.3, -0.25) is 9.69 Å². The number of benzene rings is 1. The molecule has 240 valence electrons. The second-order valence-electron chi connectivity index (χ2n) is 12.4. The van der Waals surface area contributed by atoms with Gasteiger partial charge >= 0.3 is 6.01 Å². The van der Waals surface area contributed by atoms with Gasteiger partial charge in [0.1, 0.15) is 18.2 Å². The number of aromatic nitrogens is 2. The number of amides is 1. The van der Waals surface area contributed by atoms with Crippen molar-refractivity contribution in [1.29, 1.82) is 5.26 Å². The van der Waals surface area contributed by atoms with Crippen LogP contribution in [0.3, 0.4) is 0 Å². The van der Waals surface area contributed by atoms with E-state index in [1.165, 1.54) is 12.1 Å². The highest BCUT2D eigenvalue weighted by Gasteiger charge is 2.36. The number of hydrogen-bond acceptors (Lipinski definition) is 8. The summed E-state index contributed by atoms with van der Waals surface area (Å²) in [5, 5.41) is 9.52. The molecule has 1 aromatic heterocycles. The van der Waals surface area contributed by atoms with Gasteiger partial charge in [-0.25, -0.2) is 13.2 Å². The van der Waals surface area contributed by atoms with E-state index in [2.05, 4.69) is 22.4 Å². The number of likely N-dealkylation sites (tertiary alicyclic amines) is 1. The minimum absolute atomic E-state index is 0.124. The molecule has 3 atom stereocenters. The number of nitrogens with zero attached hydrogens (tertiary/aromatic N) is 7. The molecule has 9 nitrogen and oxygen atoms in total. The number of alkyl halides is 2. The summed E-state index contributed by atoms with van der Waals surface area (Å²) in [5.74, 6) is 0.295. The lowest BCUT2D eigenvalue weighted by Gasteiger charge is -2.43. The van der Waals surface area contributed by atoms with Gasteiger partial charge in [-0.1, -0.05) is 12.6 Å². The minimum atomic E-state index is -2.41. The van der Waals surface area contributed by atoms with E-state index in [4.69, 9.17) is 14.7 Å². The van der Waals surface area contributed by atoms with E-state index < -0.39 is 6.43 Å². The number of carbonyl (C=O) groups is 1. The van der Waals surface area contributed by atoms with E-state index in [9.17, 15) is 23.2 Å². The number of carbonyl (C=O) groups excluding carboxylic acids is 1. The number of aryl methyl sites for hydroxylation is 1. The number of hydrogen-bond donors (Lipinski definition) is 0. The van der Waals surface area contributed by atoms with Gasteiger partial charge in [-0.15, -0.1) is 0 Å². The summed E-state index contributed by atoms with van der Waals surface area (Å²) >= 11 is 0. The highest BCUT2D eigenvalue weighted by molar-refractivity contribution is 5.87. The molecule has 45 heavy (non-hydrogen) atoms. The van der Waals surface area contributed by atoms with Crippen LogP contribution in [0.25, 0.3) is 0 Å². The normalized spacial score (nSPS) is 23.4. The number of anilines is 2. The molecule has 0 radical (unpaired) electrons. The molecule has 1 aliphatic carbocycles. The quantitative estimate of drug-likeness (QED) is 0.385. The van der Waals surface area contributed by atoms with Crippen molar-refractivity contribution >= 4 is 17.4 Å². The Labute approximate surface area is 262 Å². The van der Waals surface area contributed by atoms with Crippen LogP contribution in [0.4, 0.5) is 24.7 Å². The molecule has 2 fully saturated rings. The van der Waals surface area contributed by atoms with Gasteiger partial charge in [0, 0.05) is 55.9 Å². The van der Waals surface area contributed by atoms with Crippen LogP contribution in [-0.2, 0) is 24.1 Å². The molecule has 3 unspecified atom stereocenters. The molecule has 4 aliphatic rings. The van der Waals surface area contributed by atoms with Crippen molar-refractivity contribution in [1.82, 2.24) is 19.8 Å². The second kappa shape index (κ2) is 13.6. The van der Waals surface area contributed by atoms with Gasteiger partial charge in [-0.2, -0.15) is 15.2 Å². The first-order valence-corrected chi connectivity index (χ1v) is 16.0. The Hall–Kier alpha value is -3.85. The molecule has 0 N–H and O–H groups in total. The van der Waals surface area contributed by atoms with Gasteiger partial charge in [0.2, 0.25) is 5.91 Å². The number of fused-ring (bicyclic) bond motifs is 2. The van der Waals surface area contributed by atoms with E-state index in [-0.39, 0.29) is 55.4 Å². The van der Waals surface area contributed by atoms with E-state index in [1.54, 1.807) is 15.9 Å². The third kappa shape index (κ3) is 6.73. The smallest absolute Gasteiger partial charge is 0.318 e. The highest BCUT2D eigenvalue weighted by atomic mass is 19.3. The lowest BCUT2D eigenvalue weighted by molar-refractivity contribution is -0.128. The lowest BCUT2D eigenvalue weighted by atomic mass is 9.88. The molecular weight excluding hydrogens is 583 g/mol. The van der Waals surface area contributed by atoms with Crippen molar-refractivity contribution in [2.75, 3.05) is 55.7 Å². The summed E-state index contributed by atoms with van der Waals surface area (Å²) in [4.78, 5) is 30.2. The fraction of sp³-hybridized carbons (Fsp3) is 0.576. The van der Waals surface area contributed by atoms with Crippen LogP contribution >= 0.6 is 0 Å². The Kier molecular flexibility index (Phi) is 9.45. The van der Waals surface area contributed by atoms with Gasteiger partial charge < -0.3 is 19.4 Å². The van der Waals surface area contributed by atoms with Crippen LogP contribution in [-0.4, -0.2) is 96.1 Å². The standard InChI is InChI=1S/C33H40F3N7O2/c1-2-31(44)43-16-15-41(19-25(43)11-12-37)32-27-10-9-24(42-14-3-5-22-7-8-23(34)17-29(22)42)18-28(27)38-33(39-32)45-21-26-6-4-13-40(26)20-30(35)36/h2,7-8,17,24-26,30H,1,3-6,9-11,13-16,18-21H2. The number of nitriles is 1. The number of piperazine rings is 1. The molecule has 0 bridgehead atoms. The largest absolute Gasteiger partial charge is 0.462 e. The van der Waals surface area contributed by atoms with Crippen LogP contribution < -0.4 is 14.5 Å². The molecule has 12 heteroatoms. The molecular formula is C33H40F3N7O2. The molecule has 6 rings (SSSR count). The van der Waals surface area contributed by atoms with Crippen molar-refractivity contribution in [2.24, 2.45) is 0 Å². The lowest BCUT2D eigenvalue weighted by Crippen LogP contribution is -2.55. The number of rotatable bonds is 9. The van der Waals surface area contributed by atoms with E-state index >= 15 is 0 Å². The molecule has 4 heterocycles. The minimum Gasteiger partial charge on any atom is -0.462 e. The first kappa shape index (κ1) is 31.1. The Bertz CT molecular complexity index is 1450. The van der Waals surface area contributed by atoms with Crippen molar-refractivity contribution in [2.45, 2.75) is 75.9 Å². The number of ether oxygens (including phenoxy) is 1. The average molecular weight is 624 g/mol. The van der Waals surface area contributed by atoms with E-state index in [1.807, 2.05) is 6.07 Å². The van der Waals surface area contributed by atoms with E-state index in [0.29, 0.717) is 32.6 Å². The summed E-state index contributed by atoms with van der Waals surface area (Å²) in [6.45, 7) is 6.40. The molecule has 1 amide bonds. The van der Waals surface area contributed by atoms with Crippen molar-refractivity contribution in [3.8, 4) is 12.1 Å². The highest BCUT2D eigenvalue weighted by Crippen LogP contribution is 2.37. The molecule has 3 aliphatic heterocycles. The predicted molar refractivity (Wildman–Crippen MR) is 164 cm³/mol. The van der Waals surface area contributed by atoms with Gasteiger partial charge in [-0.05, 0) is 68.8 Å². The Morgan fingerprint density at radius 1 is 1.13 bits per heavy atom. The zero-order valence-electron chi connectivity index (χ0n) is 25.5. The molecule has 0 spiro atoms. The van der Waals surface area contributed by atoms with Crippen molar-refractivity contribution < 1.29 is 22.7 Å². The zero-order valence-corrected chi connectivity index (χ0v) is 25.5. The Morgan fingerprint density at radius 3 is 2.80 bits per heavy atom. The maximum Gasteiger partial charge on any atom is 0.318 e. The Balaban J connectivity index is 1.29. The monoisotopic (exact) mass is 623 g/mol. The maximum absolute atomic E-state index is 14.3. The van der Waals surface area contributed by atoms with Gasteiger partial charge in [0.15, 0.2) is 0 Å². The molecule has 2 aromatic rings. The van der Waals surface area contributed by atoms with Crippen LogP contribution in [0.2, 0.25) is 0 Å². The second-order valence-corrected chi connectivity index (χ2v) is 12.4. The predicted octanol–water partition coefficient (Wildman–Crippen LogP) is 4.15. The summed E-state index contributed by atoms with van der Waals surface area (Å²) in [5.41, 5.74) is 3.99. The van der Waals surface area contributed by atoms with Gasteiger partial charge in [0.05, 0.1) is 30.8 Å². The SMILES string of the molecule is C=CC(=O)N1CCN(c2nc(OCC3CCCN3CC(F)F)nc3c2CCC(N2CCCc4ccc(F)cc42)C3)CC1CC#N. The average Bonchev–Trinajstić information content (AvgIpc) is 3.48. The third-order valence-corrected chi connectivity index (χ3v) is 9.69. The Morgan fingerprint density at radius 2 is 2.00 bits per heavy atom. The summed E-state index contributed by atoms with van der Waals surface area (Å²) in [7, 11) is 0. The van der Waals surface area contributed by atoms with Crippen LogP contribution in [0.1, 0.15) is 48.9 Å². The molecule has 0 saturated carbocycles. The molecule has 2 saturated heterocycles. The van der Waals surface area contributed by atoms with Crippen LogP contribution in [0.5, 0.6) is 6.01 Å². The van der Waals surface area contributed by atoms with Crippen LogP contribution in [0, 0.1) is 17.1 Å². The maximum atomic E-state index is 14.3. The number of halogens is 3. The fourth-order valence-corrected chi connectivity index (χ4v) is 7.51. The van der Waals surface area contributed by atoms with Crippen LogP contribution in [0.15, 0.2) is 30.9 Å².